The molecule has 1 aromatic heterocycles. The van der Waals surface area contributed by atoms with E-state index in [0.29, 0.717) is 6.54 Å². The van der Waals surface area contributed by atoms with E-state index >= 15 is 0 Å². The lowest BCUT2D eigenvalue weighted by Gasteiger charge is -2.21. The number of nitrogens with one attached hydrogen (secondary N) is 1. The summed E-state index contributed by atoms with van der Waals surface area (Å²) in [7, 11) is 3.08. The standard InChI is InChI=1S/C13H19N3O4/c1-16(9-10-3-6-14-7-4-10)13(19)15-11(12(17)18)5-8-20-2/h3-4,6-7,11H,5,8-9H2,1-2H3,(H,15,19)(H,17,18). The Hall–Kier alpha value is -2.15. The molecular formula is C13H19N3O4. The molecule has 1 aromatic rings. The summed E-state index contributed by atoms with van der Waals surface area (Å²) in [5.74, 6) is -1.08. The summed E-state index contributed by atoms with van der Waals surface area (Å²) >= 11 is 0. The molecule has 0 aliphatic carbocycles. The quantitative estimate of drug-likeness (QED) is 0.768. The highest BCUT2D eigenvalue weighted by Gasteiger charge is 2.21. The zero-order valence-corrected chi connectivity index (χ0v) is 11.6. The van der Waals surface area contributed by atoms with E-state index in [9.17, 15) is 9.59 Å². The fraction of sp³-hybridized carbons (Fsp3) is 0.462. The third kappa shape index (κ3) is 5.23. The first-order valence-electron chi connectivity index (χ1n) is 6.17. The number of carbonyl (C=O) groups is 2. The lowest BCUT2D eigenvalue weighted by Crippen LogP contribution is -2.46. The molecule has 1 unspecified atom stereocenters. The number of aromatic nitrogens is 1. The van der Waals surface area contributed by atoms with Crippen LogP contribution in [0.3, 0.4) is 0 Å². The topological polar surface area (TPSA) is 91.8 Å². The second kappa shape index (κ2) is 8.11. The van der Waals surface area contributed by atoms with Crippen LogP contribution >= 0.6 is 0 Å². The average molecular weight is 281 g/mol. The number of nitrogens with zero attached hydrogens (tertiary/aromatic N) is 2. The Balaban J connectivity index is 2.53. The van der Waals surface area contributed by atoms with E-state index in [1.807, 2.05) is 0 Å². The molecule has 1 atom stereocenters. The Morgan fingerprint density at radius 3 is 2.65 bits per heavy atom. The summed E-state index contributed by atoms with van der Waals surface area (Å²) in [6.07, 6.45) is 3.50. The van der Waals surface area contributed by atoms with E-state index in [0.717, 1.165) is 5.56 Å². The van der Waals surface area contributed by atoms with Gasteiger partial charge in [0, 0.05) is 46.1 Å². The van der Waals surface area contributed by atoms with Gasteiger partial charge in [0.1, 0.15) is 6.04 Å². The number of carboxylic acids is 1. The first kappa shape index (κ1) is 15.9. The second-order valence-electron chi connectivity index (χ2n) is 4.33. The van der Waals surface area contributed by atoms with Crippen LogP contribution in [0, 0.1) is 0 Å². The molecule has 0 aliphatic heterocycles. The number of amides is 2. The predicted octanol–water partition coefficient (Wildman–Crippen LogP) is 0.713. The summed E-state index contributed by atoms with van der Waals surface area (Å²) in [4.78, 5) is 28.3. The van der Waals surface area contributed by atoms with E-state index in [4.69, 9.17) is 9.84 Å². The summed E-state index contributed by atoms with van der Waals surface area (Å²) in [5.41, 5.74) is 0.918. The first-order chi connectivity index (χ1) is 9.54. The lowest BCUT2D eigenvalue weighted by atomic mass is 10.2. The molecule has 7 heteroatoms. The minimum Gasteiger partial charge on any atom is -0.480 e. The smallest absolute Gasteiger partial charge is 0.326 e. The molecule has 110 valence electrons. The van der Waals surface area contributed by atoms with Crippen LogP contribution in [-0.2, 0) is 16.1 Å². The molecule has 2 amide bonds. The fourth-order valence-corrected chi connectivity index (χ4v) is 1.59. The van der Waals surface area contributed by atoms with Gasteiger partial charge in [-0.05, 0) is 17.7 Å². The fourth-order valence-electron chi connectivity index (χ4n) is 1.59. The van der Waals surface area contributed by atoms with Crippen LogP contribution in [0.5, 0.6) is 0 Å². The Morgan fingerprint density at radius 2 is 2.10 bits per heavy atom. The van der Waals surface area contributed by atoms with Crippen molar-refractivity contribution in [1.82, 2.24) is 15.2 Å². The van der Waals surface area contributed by atoms with Gasteiger partial charge < -0.3 is 20.1 Å². The van der Waals surface area contributed by atoms with E-state index in [2.05, 4.69) is 10.3 Å². The van der Waals surface area contributed by atoms with Crippen molar-refractivity contribution in [2.75, 3.05) is 20.8 Å². The van der Waals surface area contributed by atoms with Crippen molar-refractivity contribution in [3.05, 3.63) is 30.1 Å². The van der Waals surface area contributed by atoms with Crippen LogP contribution in [0.2, 0.25) is 0 Å². The molecule has 0 saturated heterocycles. The van der Waals surface area contributed by atoms with Gasteiger partial charge in [-0.15, -0.1) is 0 Å². The van der Waals surface area contributed by atoms with Gasteiger partial charge in [-0.2, -0.15) is 0 Å². The summed E-state index contributed by atoms with van der Waals surface area (Å²) < 4.78 is 4.83. The third-order valence-corrected chi connectivity index (χ3v) is 2.72. The molecule has 0 fully saturated rings. The Kier molecular flexibility index (Phi) is 6.45. The van der Waals surface area contributed by atoms with Crippen LogP contribution in [-0.4, -0.2) is 53.8 Å². The van der Waals surface area contributed by atoms with Crippen molar-refractivity contribution in [2.24, 2.45) is 0 Å². The number of carbonyl (C=O) groups excluding carboxylic acids is 1. The van der Waals surface area contributed by atoms with Gasteiger partial charge >= 0.3 is 12.0 Å². The molecule has 20 heavy (non-hydrogen) atoms. The van der Waals surface area contributed by atoms with Gasteiger partial charge in [0.25, 0.3) is 0 Å². The summed E-state index contributed by atoms with van der Waals surface area (Å²) in [6, 6.07) is 2.19. The number of aliphatic carboxylic acids is 1. The van der Waals surface area contributed by atoms with E-state index < -0.39 is 18.0 Å². The van der Waals surface area contributed by atoms with Crippen LogP contribution in [0.15, 0.2) is 24.5 Å². The molecule has 0 spiro atoms. The molecule has 0 bridgehead atoms. The number of methoxy groups -OCH3 is 1. The zero-order valence-electron chi connectivity index (χ0n) is 11.6. The van der Waals surface area contributed by atoms with Gasteiger partial charge in [-0.25, -0.2) is 9.59 Å². The largest absolute Gasteiger partial charge is 0.480 e. The molecule has 1 rings (SSSR count). The van der Waals surface area contributed by atoms with Crippen molar-refractivity contribution in [3.63, 3.8) is 0 Å². The highest BCUT2D eigenvalue weighted by molar-refractivity contribution is 5.82. The Labute approximate surface area is 117 Å². The number of hydrogen-bond acceptors (Lipinski definition) is 4. The number of hydrogen-bond donors (Lipinski definition) is 2. The van der Waals surface area contributed by atoms with Gasteiger partial charge in [-0.3, -0.25) is 4.98 Å². The maximum atomic E-state index is 11.9. The zero-order chi connectivity index (χ0) is 15.0. The SMILES string of the molecule is COCCC(NC(=O)N(C)Cc1ccncc1)C(=O)O. The molecule has 7 nitrogen and oxygen atoms in total. The monoisotopic (exact) mass is 281 g/mol. The highest BCUT2D eigenvalue weighted by atomic mass is 16.5. The number of ether oxygens (including phenoxy) is 1. The minimum absolute atomic E-state index is 0.223. The minimum atomic E-state index is -1.08. The summed E-state index contributed by atoms with van der Waals surface area (Å²) in [6.45, 7) is 0.649. The highest BCUT2D eigenvalue weighted by Crippen LogP contribution is 2.02. The van der Waals surface area contributed by atoms with Gasteiger partial charge in [0.2, 0.25) is 0 Å². The Bertz CT molecular complexity index is 439. The van der Waals surface area contributed by atoms with Gasteiger partial charge in [0.15, 0.2) is 0 Å². The van der Waals surface area contributed by atoms with Crippen LogP contribution in [0.4, 0.5) is 4.79 Å². The van der Waals surface area contributed by atoms with E-state index in [-0.39, 0.29) is 13.0 Å². The number of rotatable bonds is 7. The van der Waals surface area contributed by atoms with Crippen molar-refractivity contribution in [2.45, 2.75) is 19.0 Å². The van der Waals surface area contributed by atoms with Crippen LogP contribution in [0.25, 0.3) is 0 Å². The molecule has 0 aliphatic rings. The van der Waals surface area contributed by atoms with Crippen molar-refractivity contribution >= 4 is 12.0 Å². The van der Waals surface area contributed by atoms with Gasteiger partial charge in [0.05, 0.1) is 0 Å². The van der Waals surface area contributed by atoms with E-state index in [1.165, 1.54) is 12.0 Å². The van der Waals surface area contributed by atoms with Gasteiger partial charge in [-0.1, -0.05) is 0 Å². The normalized spacial score (nSPS) is 11.7. The van der Waals surface area contributed by atoms with Crippen LogP contribution in [0.1, 0.15) is 12.0 Å². The van der Waals surface area contributed by atoms with Crippen molar-refractivity contribution in [3.8, 4) is 0 Å². The lowest BCUT2D eigenvalue weighted by molar-refractivity contribution is -0.139. The Morgan fingerprint density at radius 1 is 1.45 bits per heavy atom. The maximum Gasteiger partial charge on any atom is 0.326 e. The maximum absolute atomic E-state index is 11.9. The molecule has 0 saturated carbocycles. The van der Waals surface area contributed by atoms with Crippen LogP contribution < -0.4 is 5.32 Å². The first-order valence-corrected chi connectivity index (χ1v) is 6.17. The molecule has 0 aromatic carbocycles. The number of urea groups is 1. The van der Waals surface area contributed by atoms with Crippen molar-refractivity contribution < 1.29 is 19.4 Å². The predicted molar refractivity (Wildman–Crippen MR) is 72.2 cm³/mol. The molecule has 2 N–H and O–H groups in total. The number of pyridine rings is 1. The molecule has 0 radical (unpaired) electrons. The average Bonchev–Trinajstić information content (AvgIpc) is 2.43. The molecule has 1 heterocycles. The van der Waals surface area contributed by atoms with Crippen molar-refractivity contribution in [1.29, 1.82) is 0 Å². The number of carboxylic acid groups (broad SMARTS) is 1. The second-order valence-corrected chi connectivity index (χ2v) is 4.33. The van der Waals surface area contributed by atoms with E-state index in [1.54, 1.807) is 31.6 Å². The summed E-state index contributed by atoms with van der Waals surface area (Å²) in [5, 5.41) is 11.5. The third-order valence-electron chi connectivity index (χ3n) is 2.72. The molecular weight excluding hydrogens is 262 g/mol.